The first-order chi connectivity index (χ1) is 24.9. The standard InChI is InChI=1S/C29H26NO.C18H24NSi.Ir/c1-18(2)15-21-13-14-30-26(16-21)22-11-12-23-24-9-6-10-25(29(24)31-27(23)17-22)28-19(3)7-5-8-20(28)4;1-18(2,3)15-9-7-8-14(12-15)17-11-10-16(13-19-17)20(4,5)6;/h5-10,12-14,16-18H,15H2,1-4H3;7,9-13H,1-6H3;/q2*-1;/i15D2;;. The second-order valence-corrected chi connectivity index (χ2v) is 20.9. The van der Waals surface area contributed by atoms with Crippen LogP contribution in [0.15, 0.2) is 108 Å². The van der Waals surface area contributed by atoms with Gasteiger partial charge < -0.3 is 14.4 Å². The summed E-state index contributed by atoms with van der Waals surface area (Å²) in [5, 5.41) is 3.47. The van der Waals surface area contributed by atoms with Crippen molar-refractivity contribution < 1.29 is 27.3 Å². The van der Waals surface area contributed by atoms with Crippen LogP contribution in [0.1, 0.15) is 59.6 Å². The van der Waals surface area contributed by atoms with Gasteiger partial charge in [-0.05, 0) is 76.3 Å². The van der Waals surface area contributed by atoms with Crippen molar-refractivity contribution in [1.82, 2.24) is 9.97 Å². The monoisotopic (exact) mass is 881 g/mol. The first kappa shape index (κ1) is 36.2. The summed E-state index contributed by atoms with van der Waals surface area (Å²) in [6, 6.07) is 37.5. The van der Waals surface area contributed by atoms with Crippen LogP contribution in [0, 0.1) is 31.9 Å². The molecule has 0 fully saturated rings. The van der Waals surface area contributed by atoms with E-state index in [0.717, 1.165) is 44.3 Å². The van der Waals surface area contributed by atoms with E-state index in [1.165, 1.54) is 27.4 Å². The van der Waals surface area contributed by atoms with E-state index in [4.69, 9.17) is 7.16 Å². The first-order valence-electron chi connectivity index (χ1n) is 18.8. The van der Waals surface area contributed by atoms with Crippen LogP contribution in [0.25, 0.3) is 55.6 Å². The molecule has 0 aliphatic heterocycles. The molecule has 3 aromatic heterocycles. The van der Waals surface area contributed by atoms with E-state index in [1.54, 1.807) is 12.3 Å². The van der Waals surface area contributed by atoms with Crippen molar-refractivity contribution >= 4 is 35.2 Å². The topological polar surface area (TPSA) is 38.9 Å². The molecule has 7 rings (SSSR count). The van der Waals surface area contributed by atoms with E-state index in [0.29, 0.717) is 11.3 Å². The van der Waals surface area contributed by atoms with Gasteiger partial charge in [-0.15, -0.1) is 53.1 Å². The maximum Gasteiger partial charge on any atom is 0.131 e. The molecule has 0 N–H and O–H groups in total. The molecule has 0 saturated heterocycles. The van der Waals surface area contributed by atoms with E-state index in [2.05, 4.69) is 137 Å². The second kappa shape index (κ2) is 15.8. The predicted molar refractivity (Wildman–Crippen MR) is 219 cm³/mol. The molecule has 1 radical (unpaired) electrons. The molecule has 0 aliphatic carbocycles. The third-order valence-electron chi connectivity index (χ3n) is 9.24. The molecule has 7 aromatic rings. The van der Waals surface area contributed by atoms with Gasteiger partial charge in [0.2, 0.25) is 0 Å². The van der Waals surface area contributed by atoms with Crippen LogP contribution >= 0.6 is 0 Å². The van der Waals surface area contributed by atoms with Crippen molar-refractivity contribution in [2.75, 3.05) is 0 Å². The van der Waals surface area contributed by atoms with Gasteiger partial charge in [0, 0.05) is 40.8 Å². The van der Waals surface area contributed by atoms with Crippen LogP contribution in [0.4, 0.5) is 0 Å². The van der Waals surface area contributed by atoms with Crippen LogP contribution in [0.2, 0.25) is 19.6 Å². The summed E-state index contributed by atoms with van der Waals surface area (Å²) >= 11 is 0. The Morgan fingerprint density at radius 2 is 1.52 bits per heavy atom. The van der Waals surface area contributed by atoms with Crippen LogP contribution in [0.3, 0.4) is 0 Å². The maximum absolute atomic E-state index is 8.44. The Morgan fingerprint density at radius 3 is 2.17 bits per heavy atom. The fourth-order valence-corrected chi connectivity index (χ4v) is 7.43. The zero-order chi connectivity index (χ0) is 38.3. The van der Waals surface area contributed by atoms with Crippen LogP contribution in [0.5, 0.6) is 0 Å². The minimum absolute atomic E-state index is 0. The number of aromatic nitrogens is 2. The zero-order valence-electron chi connectivity index (χ0n) is 34.0. The molecule has 0 bridgehead atoms. The van der Waals surface area contributed by atoms with Gasteiger partial charge in [0.25, 0.3) is 0 Å². The fraction of sp³-hybridized carbons (Fsp3) is 0.277. The molecule has 0 saturated carbocycles. The summed E-state index contributed by atoms with van der Waals surface area (Å²) in [7, 11) is -1.27. The fourth-order valence-electron chi connectivity index (χ4n) is 6.40. The summed E-state index contributed by atoms with van der Waals surface area (Å²) in [6.45, 7) is 21.8. The van der Waals surface area contributed by atoms with Gasteiger partial charge in [0.15, 0.2) is 0 Å². The third-order valence-corrected chi connectivity index (χ3v) is 11.3. The quantitative estimate of drug-likeness (QED) is 0.123. The van der Waals surface area contributed by atoms with Crippen molar-refractivity contribution in [3.63, 3.8) is 0 Å². The number of nitrogens with zero attached hydrogens (tertiary/aromatic N) is 2. The number of fused-ring (bicyclic) bond motifs is 3. The summed E-state index contributed by atoms with van der Waals surface area (Å²) in [5.41, 5.74) is 12.0. The number of hydrogen-bond donors (Lipinski definition) is 0. The molecule has 269 valence electrons. The number of benzene rings is 4. The molecule has 0 atom stereocenters. The number of rotatable bonds is 6. The molecule has 4 aromatic carbocycles. The van der Waals surface area contributed by atoms with E-state index in [-0.39, 0.29) is 31.4 Å². The Balaban J connectivity index is 0.000000230. The Kier molecular flexibility index (Phi) is 11.0. The summed E-state index contributed by atoms with van der Waals surface area (Å²) in [6.07, 6.45) is 2.28. The molecule has 0 aliphatic rings. The van der Waals surface area contributed by atoms with E-state index in [9.17, 15) is 0 Å². The zero-order valence-corrected chi connectivity index (χ0v) is 35.4. The SMILES string of the molecule is CC(C)(C)c1cc[c-]c(-c2ccc([Si](C)(C)C)cn2)c1.[2H]C([2H])(c1ccnc(-c2[c-]cc3c(c2)oc2c(-c4c(C)cccc4C)cccc23)c1)C(C)C.[Ir]. The van der Waals surface area contributed by atoms with Crippen LogP contribution < -0.4 is 5.19 Å². The minimum Gasteiger partial charge on any atom is -0.476 e. The normalized spacial score (nSPS) is 12.6. The van der Waals surface area contributed by atoms with Crippen molar-refractivity contribution in [1.29, 1.82) is 0 Å². The largest absolute Gasteiger partial charge is 0.476 e. The number of aryl methyl sites for hydroxylation is 2. The van der Waals surface area contributed by atoms with Crippen molar-refractivity contribution in [2.24, 2.45) is 5.92 Å². The summed E-state index contributed by atoms with van der Waals surface area (Å²) in [4.78, 5) is 9.13. The number of hydrogen-bond acceptors (Lipinski definition) is 3. The first-order valence-corrected chi connectivity index (χ1v) is 21.3. The predicted octanol–water partition coefficient (Wildman–Crippen LogP) is 12.3. The molecular weight excluding hydrogens is 829 g/mol. The number of para-hydroxylation sites is 1. The van der Waals surface area contributed by atoms with E-state index in [1.807, 2.05) is 44.3 Å². The molecule has 0 unspecified atom stereocenters. The molecule has 0 spiro atoms. The maximum atomic E-state index is 8.44. The molecule has 5 heteroatoms. The third kappa shape index (κ3) is 8.72. The number of pyridine rings is 2. The van der Waals surface area contributed by atoms with E-state index >= 15 is 0 Å². The second-order valence-electron chi connectivity index (χ2n) is 15.8. The smallest absolute Gasteiger partial charge is 0.131 e. The molecule has 3 heterocycles. The van der Waals surface area contributed by atoms with Crippen molar-refractivity contribution in [2.45, 2.75) is 79.9 Å². The van der Waals surface area contributed by atoms with Gasteiger partial charge in [0.1, 0.15) is 5.58 Å². The Labute approximate surface area is 328 Å². The minimum atomic E-state index is -1.43. The van der Waals surface area contributed by atoms with Gasteiger partial charge in [-0.3, -0.25) is 0 Å². The molecule has 3 nitrogen and oxygen atoms in total. The Bertz CT molecular complexity index is 2380. The van der Waals surface area contributed by atoms with Crippen molar-refractivity contribution in [3.05, 3.63) is 138 Å². The summed E-state index contributed by atoms with van der Waals surface area (Å²) < 4.78 is 23.3. The Morgan fingerprint density at radius 1 is 0.808 bits per heavy atom. The number of furan rings is 1. The van der Waals surface area contributed by atoms with Crippen molar-refractivity contribution in [3.8, 4) is 33.6 Å². The molecular formula is C47H50IrN2OSi-2. The van der Waals surface area contributed by atoms with Crippen LogP contribution in [-0.4, -0.2) is 18.0 Å². The average molecular weight is 881 g/mol. The van der Waals surface area contributed by atoms with E-state index < -0.39 is 14.4 Å². The van der Waals surface area contributed by atoms with Gasteiger partial charge >= 0.3 is 0 Å². The Hall–Kier alpha value is -4.15. The van der Waals surface area contributed by atoms with Gasteiger partial charge in [-0.2, -0.15) is 0 Å². The van der Waals surface area contributed by atoms with Gasteiger partial charge in [-0.1, -0.05) is 126 Å². The molecule has 52 heavy (non-hydrogen) atoms. The summed E-state index contributed by atoms with van der Waals surface area (Å²) in [5.74, 6) is -0.141. The van der Waals surface area contributed by atoms with Gasteiger partial charge in [0.05, 0.1) is 13.7 Å². The van der Waals surface area contributed by atoms with Crippen LogP contribution in [-0.2, 0) is 31.9 Å². The molecule has 0 amide bonds. The van der Waals surface area contributed by atoms with Gasteiger partial charge in [-0.25, -0.2) is 0 Å². The average Bonchev–Trinajstić information content (AvgIpc) is 3.50.